The number of nitrogens with one attached hydrogen (secondary N) is 1. The van der Waals surface area contributed by atoms with Gasteiger partial charge in [-0.25, -0.2) is 4.98 Å². The van der Waals surface area contributed by atoms with Crippen LogP contribution in [0.25, 0.3) is 5.65 Å². The summed E-state index contributed by atoms with van der Waals surface area (Å²) in [7, 11) is 1.69. The molecule has 0 aliphatic carbocycles. The first-order valence-corrected chi connectivity index (χ1v) is 7.53. The second-order valence-electron chi connectivity index (χ2n) is 5.06. The maximum absolute atomic E-state index is 5.44. The number of rotatable bonds is 10. The van der Waals surface area contributed by atoms with E-state index in [-0.39, 0.29) is 0 Å². The Balaban J connectivity index is 1.65. The minimum atomic E-state index is 0.672. The lowest BCUT2D eigenvalue weighted by molar-refractivity contribution is 0.0688. The highest BCUT2D eigenvalue weighted by atomic mass is 16.5. The second-order valence-corrected chi connectivity index (χ2v) is 5.06. The van der Waals surface area contributed by atoms with Crippen LogP contribution in [0.2, 0.25) is 0 Å². The Morgan fingerprint density at radius 1 is 1.19 bits per heavy atom. The lowest BCUT2D eigenvalue weighted by Crippen LogP contribution is -2.17. The molecule has 116 valence electrons. The van der Waals surface area contributed by atoms with Gasteiger partial charge in [-0.1, -0.05) is 6.07 Å². The summed E-state index contributed by atoms with van der Waals surface area (Å²) in [5.41, 5.74) is 3.34. The molecule has 5 heteroatoms. The highest BCUT2D eigenvalue weighted by Gasteiger charge is 2.06. The number of aromatic nitrogens is 2. The number of aryl methyl sites for hydroxylation is 1. The van der Waals surface area contributed by atoms with Gasteiger partial charge in [-0.3, -0.25) is 0 Å². The van der Waals surface area contributed by atoms with Crippen LogP contribution in [-0.2, 0) is 16.0 Å². The molecule has 0 bridgehead atoms. The Kier molecular flexibility index (Phi) is 6.66. The molecule has 0 amide bonds. The third kappa shape index (κ3) is 4.81. The van der Waals surface area contributed by atoms with Gasteiger partial charge in [-0.15, -0.1) is 0 Å². The van der Waals surface area contributed by atoms with Crippen LogP contribution in [0.1, 0.15) is 24.2 Å². The van der Waals surface area contributed by atoms with E-state index < -0.39 is 0 Å². The maximum Gasteiger partial charge on any atom is 0.137 e. The first-order valence-electron chi connectivity index (χ1n) is 7.53. The van der Waals surface area contributed by atoms with Gasteiger partial charge in [-0.2, -0.15) is 0 Å². The normalized spacial score (nSPS) is 11.3. The van der Waals surface area contributed by atoms with E-state index in [0.717, 1.165) is 43.9 Å². The maximum atomic E-state index is 5.44. The SMILES string of the molecule is COCCOCCCCNCc1c(C)nc2ccccn12. The Hall–Kier alpha value is -1.43. The fraction of sp³-hybridized carbons (Fsp3) is 0.562. The molecule has 2 heterocycles. The van der Waals surface area contributed by atoms with Crippen molar-refractivity contribution in [2.75, 3.05) is 33.5 Å². The molecule has 1 N–H and O–H groups in total. The van der Waals surface area contributed by atoms with Crippen molar-refractivity contribution in [3.8, 4) is 0 Å². The van der Waals surface area contributed by atoms with Crippen LogP contribution >= 0.6 is 0 Å². The monoisotopic (exact) mass is 291 g/mol. The van der Waals surface area contributed by atoms with Crippen LogP contribution in [0, 0.1) is 6.92 Å². The molecule has 0 aromatic carbocycles. The zero-order valence-corrected chi connectivity index (χ0v) is 13.0. The minimum Gasteiger partial charge on any atom is -0.382 e. The number of fused-ring (bicyclic) bond motifs is 1. The molecule has 0 saturated carbocycles. The van der Waals surface area contributed by atoms with Gasteiger partial charge >= 0.3 is 0 Å². The van der Waals surface area contributed by atoms with Gasteiger partial charge < -0.3 is 19.2 Å². The van der Waals surface area contributed by atoms with Crippen molar-refractivity contribution in [3.63, 3.8) is 0 Å². The molecule has 0 atom stereocenters. The minimum absolute atomic E-state index is 0.672. The summed E-state index contributed by atoms with van der Waals surface area (Å²) in [6.45, 7) is 6.07. The van der Waals surface area contributed by atoms with Gasteiger partial charge in [0.1, 0.15) is 5.65 Å². The fourth-order valence-corrected chi connectivity index (χ4v) is 2.28. The Morgan fingerprint density at radius 3 is 2.95 bits per heavy atom. The van der Waals surface area contributed by atoms with E-state index in [1.807, 2.05) is 18.2 Å². The summed E-state index contributed by atoms with van der Waals surface area (Å²) in [6.07, 6.45) is 4.25. The van der Waals surface area contributed by atoms with Crippen molar-refractivity contribution in [1.82, 2.24) is 14.7 Å². The summed E-state index contributed by atoms with van der Waals surface area (Å²) >= 11 is 0. The van der Waals surface area contributed by atoms with E-state index in [4.69, 9.17) is 9.47 Å². The fourth-order valence-electron chi connectivity index (χ4n) is 2.28. The summed E-state index contributed by atoms with van der Waals surface area (Å²) < 4.78 is 12.5. The number of imidazole rings is 1. The van der Waals surface area contributed by atoms with E-state index in [0.29, 0.717) is 13.2 Å². The van der Waals surface area contributed by atoms with Gasteiger partial charge in [0.15, 0.2) is 0 Å². The summed E-state index contributed by atoms with van der Waals surface area (Å²) in [5.74, 6) is 0. The molecule has 0 saturated heterocycles. The average Bonchev–Trinajstić information content (AvgIpc) is 2.81. The Labute approximate surface area is 126 Å². The molecular weight excluding hydrogens is 266 g/mol. The molecule has 0 fully saturated rings. The molecule has 0 aliphatic rings. The molecule has 2 aromatic rings. The smallest absolute Gasteiger partial charge is 0.137 e. The third-order valence-electron chi connectivity index (χ3n) is 3.45. The number of hydrogen-bond donors (Lipinski definition) is 1. The van der Waals surface area contributed by atoms with Crippen LogP contribution in [0.3, 0.4) is 0 Å². The summed E-state index contributed by atoms with van der Waals surface area (Å²) in [6, 6.07) is 6.09. The highest BCUT2D eigenvalue weighted by molar-refractivity contribution is 5.42. The van der Waals surface area contributed by atoms with Gasteiger partial charge in [0, 0.05) is 26.5 Å². The molecule has 21 heavy (non-hydrogen) atoms. The van der Waals surface area contributed by atoms with Crippen molar-refractivity contribution in [2.24, 2.45) is 0 Å². The number of unbranched alkanes of at least 4 members (excludes halogenated alkanes) is 1. The molecule has 5 nitrogen and oxygen atoms in total. The first-order chi connectivity index (χ1) is 10.3. The van der Waals surface area contributed by atoms with Crippen LogP contribution in [0.15, 0.2) is 24.4 Å². The Bertz CT molecular complexity index is 539. The third-order valence-corrected chi connectivity index (χ3v) is 3.45. The van der Waals surface area contributed by atoms with Crippen LogP contribution < -0.4 is 5.32 Å². The van der Waals surface area contributed by atoms with Crippen molar-refractivity contribution in [2.45, 2.75) is 26.3 Å². The first kappa shape index (κ1) is 15.9. The number of pyridine rings is 1. The lowest BCUT2D eigenvalue weighted by Gasteiger charge is -2.06. The number of nitrogens with zero attached hydrogens (tertiary/aromatic N) is 2. The predicted molar refractivity (Wildman–Crippen MR) is 83.6 cm³/mol. The van der Waals surface area contributed by atoms with Gasteiger partial charge in [-0.05, 0) is 38.4 Å². The summed E-state index contributed by atoms with van der Waals surface area (Å²) in [5, 5.41) is 3.48. The molecule has 2 aromatic heterocycles. The standard InChI is InChI=1S/C16H25N3O2/c1-14-15(19-9-5-3-7-16(19)18-14)13-17-8-4-6-10-21-12-11-20-2/h3,5,7,9,17H,4,6,8,10-13H2,1-2H3. The van der Waals surface area contributed by atoms with Crippen LogP contribution in [0.4, 0.5) is 0 Å². The number of hydrogen-bond acceptors (Lipinski definition) is 4. The molecular formula is C16H25N3O2. The number of ether oxygens (including phenoxy) is 2. The van der Waals surface area contributed by atoms with Gasteiger partial charge in [0.2, 0.25) is 0 Å². The van der Waals surface area contributed by atoms with Crippen molar-refractivity contribution in [1.29, 1.82) is 0 Å². The molecule has 2 rings (SSSR count). The van der Waals surface area contributed by atoms with E-state index in [1.165, 1.54) is 5.69 Å². The van der Waals surface area contributed by atoms with Crippen molar-refractivity contribution in [3.05, 3.63) is 35.8 Å². The lowest BCUT2D eigenvalue weighted by atomic mass is 10.3. The van der Waals surface area contributed by atoms with Crippen molar-refractivity contribution >= 4 is 5.65 Å². The zero-order valence-electron chi connectivity index (χ0n) is 13.0. The molecule has 0 aliphatic heterocycles. The quantitative estimate of drug-likeness (QED) is 0.682. The molecule has 0 unspecified atom stereocenters. The number of methoxy groups -OCH3 is 1. The van der Waals surface area contributed by atoms with E-state index >= 15 is 0 Å². The largest absolute Gasteiger partial charge is 0.382 e. The Morgan fingerprint density at radius 2 is 2.10 bits per heavy atom. The molecule has 0 radical (unpaired) electrons. The predicted octanol–water partition coefficient (Wildman–Crippen LogP) is 2.18. The average molecular weight is 291 g/mol. The van der Waals surface area contributed by atoms with E-state index in [2.05, 4.69) is 27.8 Å². The van der Waals surface area contributed by atoms with Gasteiger partial charge in [0.05, 0.1) is 24.6 Å². The van der Waals surface area contributed by atoms with Gasteiger partial charge in [0.25, 0.3) is 0 Å². The topological polar surface area (TPSA) is 47.8 Å². The van der Waals surface area contributed by atoms with Crippen LogP contribution in [0.5, 0.6) is 0 Å². The zero-order chi connectivity index (χ0) is 14.9. The second kappa shape index (κ2) is 8.77. The highest BCUT2D eigenvalue weighted by Crippen LogP contribution is 2.11. The summed E-state index contributed by atoms with van der Waals surface area (Å²) in [4.78, 5) is 4.56. The molecule has 0 spiro atoms. The van der Waals surface area contributed by atoms with Crippen molar-refractivity contribution < 1.29 is 9.47 Å². The van der Waals surface area contributed by atoms with E-state index in [1.54, 1.807) is 7.11 Å². The van der Waals surface area contributed by atoms with E-state index in [9.17, 15) is 0 Å². The van der Waals surface area contributed by atoms with Crippen LogP contribution in [-0.4, -0.2) is 42.9 Å².